The highest BCUT2D eigenvalue weighted by Crippen LogP contribution is 2.40. The Bertz CT molecular complexity index is 1200. The van der Waals surface area contributed by atoms with Gasteiger partial charge in [0.05, 0.1) is 35.4 Å². The SMILES string of the molecule is COc1ncc(Cl)c2[nH]c(=O)c(N)c(-c3ccc(F)c4[nH]ncc34)c12. The lowest BCUT2D eigenvalue weighted by molar-refractivity contribution is 0.403. The van der Waals surface area contributed by atoms with Gasteiger partial charge in [0.15, 0.2) is 0 Å². The zero-order chi connectivity index (χ0) is 17.7. The van der Waals surface area contributed by atoms with Crippen LogP contribution in [0.25, 0.3) is 32.9 Å². The van der Waals surface area contributed by atoms with Gasteiger partial charge in [-0.2, -0.15) is 5.10 Å². The molecule has 126 valence electrons. The number of halogens is 2. The Kier molecular flexibility index (Phi) is 3.36. The molecule has 0 bridgehead atoms. The maximum absolute atomic E-state index is 14.0. The van der Waals surface area contributed by atoms with Crippen LogP contribution in [0.2, 0.25) is 5.02 Å². The highest BCUT2D eigenvalue weighted by Gasteiger charge is 2.21. The lowest BCUT2D eigenvalue weighted by atomic mass is 9.97. The van der Waals surface area contributed by atoms with Crippen molar-refractivity contribution in [1.29, 1.82) is 0 Å². The lowest BCUT2D eigenvalue weighted by Crippen LogP contribution is -2.14. The van der Waals surface area contributed by atoms with E-state index in [-0.39, 0.29) is 22.1 Å². The number of nitrogens with zero attached hydrogens (tertiary/aromatic N) is 2. The van der Waals surface area contributed by atoms with Crippen molar-refractivity contribution < 1.29 is 9.13 Å². The molecule has 4 rings (SSSR count). The second kappa shape index (κ2) is 5.45. The lowest BCUT2D eigenvalue weighted by Gasteiger charge is -2.14. The molecule has 0 amide bonds. The first-order chi connectivity index (χ1) is 12.0. The van der Waals surface area contributed by atoms with Crippen LogP contribution in [0.1, 0.15) is 0 Å². The number of hydrogen-bond acceptors (Lipinski definition) is 5. The summed E-state index contributed by atoms with van der Waals surface area (Å²) in [6.45, 7) is 0. The number of aromatic amines is 2. The predicted molar refractivity (Wildman–Crippen MR) is 93.4 cm³/mol. The third-order valence-electron chi connectivity index (χ3n) is 4.03. The Morgan fingerprint density at radius 2 is 2.08 bits per heavy atom. The van der Waals surface area contributed by atoms with E-state index in [0.717, 1.165) is 0 Å². The monoisotopic (exact) mass is 359 g/mol. The van der Waals surface area contributed by atoms with Crippen LogP contribution in [0, 0.1) is 5.82 Å². The molecule has 7 nitrogen and oxygen atoms in total. The van der Waals surface area contributed by atoms with Gasteiger partial charge in [0.25, 0.3) is 5.56 Å². The maximum atomic E-state index is 14.0. The summed E-state index contributed by atoms with van der Waals surface area (Å²) in [5, 5.41) is 7.61. The molecule has 0 fully saturated rings. The topological polar surface area (TPSA) is 110 Å². The van der Waals surface area contributed by atoms with Crippen LogP contribution in [0.3, 0.4) is 0 Å². The van der Waals surface area contributed by atoms with Gasteiger partial charge in [0.2, 0.25) is 5.88 Å². The number of methoxy groups -OCH3 is 1. The largest absolute Gasteiger partial charge is 0.480 e. The summed E-state index contributed by atoms with van der Waals surface area (Å²) in [6.07, 6.45) is 2.83. The zero-order valence-corrected chi connectivity index (χ0v) is 13.6. The number of pyridine rings is 2. The molecular weight excluding hydrogens is 349 g/mol. The summed E-state index contributed by atoms with van der Waals surface area (Å²) >= 11 is 6.18. The molecular formula is C16H11ClFN5O2. The van der Waals surface area contributed by atoms with E-state index in [0.29, 0.717) is 27.4 Å². The van der Waals surface area contributed by atoms with Crippen molar-refractivity contribution in [2.45, 2.75) is 0 Å². The van der Waals surface area contributed by atoms with Crippen molar-refractivity contribution in [3.8, 4) is 17.0 Å². The van der Waals surface area contributed by atoms with Crippen LogP contribution in [0.4, 0.5) is 10.1 Å². The molecule has 0 saturated heterocycles. The van der Waals surface area contributed by atoms with Gasteiger partial charge in [-0.15, -0.1) is 0 Å². The van der Waals surface area contributed by atoms with Crippen LogP contribution < -0.4 is 16.0 Å². The van der Waals surface area contributed by atoms with Gasteiger partial charge < -0.3 is 15.5 Å². The highest BCUT2D eigenvalue weighted by atomic mass is 35.5. The molecule has 0 atom stereocenters. The summed E-state index contributed by atoms with van der Waals surface area (Å²) in [7, 11) is 1.44. The van der Waals surface area contributed by atoms with E-state index >= 15 is 0 Å². The summed E-state index contributed by atoms with van der Waals surface area (Å²) in [5.41, 5.74) is 6.91. The van der Waals surface area contributed by atoms with Crippen LogP contribution in [-0.2, 0) is 0 Å². The van der Waals surface area contributed by atoms with Gasteiger partial charge >= 0.3 is 0 Å². The highest BCUT2D eigenvalue weighted by molar-refractivity contribution is 6.35. The van der Waals surface area contributed by atoms with Gasteiger partial charge in [-0.1, -0.05) is 17.7 Å². The van der Waals surface area contributed by atoms with Crippen LogP contribution >= 0.6 is 11.6 Å². The Hall–Kier alpha value is -3.13. The maximum Gasteiger partial charge on any atom is 0.272 e. The van der Waals surface area contributed by atoms with Crippen molar-refractivity contribution in [3.05, 3.63) is 45.7 Å². The van der Waals surface area contributed by atoms with Gasteiger partial charge in [-0.25, -0.2) is 9.37 Å². The molecule has 0 aliphatic carbocycles. The number of rotatable bonds is 2. The fourth-order valence-electron chi connectivity index (χ4n) is 2.91. The molecule has 3 heterocycles. The van der Waals surface area contributed by atoms with E-state index in [9.17, 15) is 9.18 Å². The Morgan fingerprint density at radius 1 is 1.28 bits per heavy atom. The number of hydrogen-bond donors (Lipinski definition) is 3. The van der Waals surface area contributed by atoms with E-state index in [1.165, 1.54) is 31.6 Å². The summed E-state index contributed by atoms with van der Waals surface area (Å²) in [6, 6.07) is 2.80. The standard InChI is InChI=1S/C16H11ClFN5O2/c1-25-16-11-10(6-2-3-9(18)13-7(6)4-21-23-13)12(19)15(24)22-14(11)8(17)5-20-16/h2-5H,19H2,1H3,(H,21,23)(H,22,24). The number of aromatic nitrogens is 4. The van der Waals surface area contributed by atoms with Crippen LogP contribution in [0.5, 0.6) is 5.88 Å². The van der Waals surface area contributed by atoms with Crippen molar-refractivity contribution >= 4 is 39.1 Å². The van der Waals surface area contributed by atoms with Gasteiger partial charge in [0, 0.05) is 10.9 Å². The number of ether oxygens (including phenoxy) is 1. The minimum absolute atomic E-state index is 0.0519. The second-order valence-corrected chi connectivity index (χ2v) is 5.77. The fourth-order valence-corrected chi connectivity index (χ4v) is 3.10. The van der Waals surface area contributed by atoms with Crippen LogP contribution in [0.15, 0.2) is 29.3 Å². The fraction of sp³-hybridized carbons (Fsp3) is 0.0625. The molecule has 0 aliphatic rings. The van der Waals surface area contributed by atoms with Crippen molar-refractivity contribution in [2.24, 2.45) is 0 Å². The van der Waals surface area contributed by atoms with E-state index in [4.69, 9.17) is 22.1 Å². The number of benzene rings is 1. The summed E-state index contributed by atoms with van der Waals surface area (Å²) in [4.78, 5) is 19.1. The van der Waals surface area contributed by atoms with Crippen molar-refractivity contribution in [2.75, 3.05) is 12.8 Å². The second-order valence-electron chi connectivity index (χ2n) is 5.36. The third-order valence-corrected chi connectivity index (χ3v) is 4.31. The van der Waals surface area contributed by atoms with E-state index in [1.807, 2.05) is 0 Å². The van der Waals surface area contributed by atoms with Crippen molar-refractivity contribution in [3.63, 3.8) is 0 Å². The van der Waals surface area contributed by atoms with Crippen molar-refractivity contribution in [1.82, 2.24) is 20.2 Å². The zero-order valence-electron chi connectivity index (χ0n) is 12.9. The molecule has 0 radical (unpaired) electrons. The van der Waals surface area contributed by atoms with Gasteiger partial charge in [-0.05, 0) is 11.6 Å². The molecule has 4 N–H and O–H groups in total. The minimum Gasteiger partial charge on any atom is -0.480 e. The number of nitrogens with one attached hydrogen (secondary N) is 2. The molecule has 3 aromatic heterocycles. The third kappa shape index (κ3) is 2.14. The number of nitrogen functional groups attached to an aromatic ring is 1. The molecule has 25 heavy (non-hydrogen) atoms. The summed E-state index contributed by atoms with van der Waals surface area (Å²) in [5.74, 6) is -0.231. The van der Waals surface area contributed by atoms with E-state index in [1.54, 1.807) is 0 Å². The number of anilines is 1. The first-order valence-electron chi connectivity index (χ1n) is 7.18. The molecule has 0 unspecified atom stereocenters. The Labute approximate surface area is 144 Å². The smallest absolute Gasteiger partial charge is 0.272 e. The van der Waals surface area contributed by atoms with E-state index < -0.39 is 11.4 Å². The first-order valence-corrected chi connectivity index (χ1v) is 7.56. The quantitative estimate of drug-likeness (QED) is 0.510. The normalized spacial score (nSPS) is 11.3. The molecule has 9 heteroatoms. The minimum atomic E-state index is -0.515. The molecule has 0 aliphatic heterocycles. The number of H-pyrrole nitrogens is 2. The molecule has 0 spiro atoms. The number of fused-ring (bicyclic) bond motifs is 2. The van der Waals surface area contributed by atoms with E-state index in [2.05, 4.69) is 20.2 Å². The van der Waals surface area contributed by atoms with Gasteiger partial charge in [0.1, 0.15) is 17.0 Å². The molecule has 1 aromatic carbocycles. The summed E-state index contributed by atoms with van der Waals surface area (Å²) < 4.78 is 19.3. The number of nitrogens with two attached hydrogens (primary N) is 1. The average Bonchev–Trinajstić information content (AvgIpc) is 3.09. The molecule has 0 saturated carbocycles. The molecule has 4 aromatic rings. The van der Waals surface area contributed by atoms with Crippen LogP contribution in [-0.4, -0.2) is 27.3 Å². The Morgan fingerprint density at radius 3 is 2.84 bits per heavy atom. The predicted octanol–water partition coefficient (Wildman–Crippen LogP) is 2.85. The average molecular weight is 360 g/mol. The van der Waals surface area contributed by atoms with Gasteiger partial charge in [-0.3, -0.25) is 9.89 Å². The first kappa shape index (κ1) is 15.4. The Balaban J connectivity index is 2.26.